The number of nitrogens with zero attached hydrogens (tertiary/aromatic N) is 2. The summed E-state index contributed by atoms with van der Waals surface area (Å²) in [6.45, 7) is 0. The first kappa shape index (κ1) is 26.0. The van der Waals surface area contributed by atoms with Gasteiger partial charge in [-0.25, -0.2) is 8.78 Å². The lowest BCUT2D eigenvalue weighted by molar-refractivity contribution is 0.627. The van der Waals surface area contributed by atoms with E-state index < -0.39 is 0 Å². The molecule has 0 radical (unpaired) electrons. The largest absolute Gasteiger partial charge is 0.207 e. The van der Waals surface area contributed by atoms with Gasteiger partial charge in [-0.1, -0.05) is 72.8 Å². The van der Waals surface area contributed by atoms with Crippen LogP contribution in [0.15, 0.2) is 109 Å². The zero-order valence-corrected chi connectivity index (χ0v) is 21.4. The molecule has 0 aliphatic carbocycles. The molecule has 0 amide bonds. The van der Waals surface area contributed by atoms with Gasteiger partial charge in [0.2, 0.25) is 0 Å². The Balaban J connectivity index is 1.67. The quantitative estimate of drug-likeness (QED) is 0.209. The monoisotopic (exact) mass is 520 g/mol. The van der Waals surface area contributed by atoms with Crippen LogP contribution in [-0.4, -0.2) is 0 Å². The Kier molecular flexibility index (Phi) is 7.72. The smallest absolute Gasteiger partial charge is 0.123 e. The summed E-state index contributed by atoms with van der Waals surface area (Å²) in [6, 6.07) is 35.6. The second-order valence-corrected chi connectivity index (χ2v) is 9.17. The highest BCUT2D eigenvalue weighted by Crippen LogP contribution is 2.35. The van der Waals surface area contributed by atoms with Crippen LogP contribution in [0.1, 0.15) is 33.4 Å². The number of halogens is 2. The fourth-order valence-electron chi connectivity index (χ4n) is 4.38. The number of hydrogen-bond acceptors (Lipinski definition) is 2. The van der Waals surface area contributed by atoms with Gasteiger partial charge in [0.15, 0.2) is 0 Å². The Hall–Kier alpha value is -5.58. The zero-order chi connectivity index (χ0) is 27.9. The zero-order valence-electron chi connectivity index (χ0n) is 21.4. The van der Waals surface area contributed by atoms with Crippen molar-refractivity contribution in [1.29, 1.82) is 10.5 Å². The third-order valence-corrected chi connectivity index (χ3v) is 6.52. The summed E-state index contributed by atoms with van der Waals surface area (Å²) in [6.07, 6.45) is 7.90. The highest BCUT2D eigenvalue weighted by molar-refractivity contribution is 5.90. The molecule has 0 N–H and O–H groups in total. The summed E-state index contributed by atoms with van der Waals surface area (Å²) in [5.41, 5.74) is 8.30. The van der Waals surface area contributed by atoms with Crippen molar-refractivity contribution in [1.82, 2.24) is 0 Å². The van der Waals surface area contributed by atoms with Gasteiger partial charge in [0.05, 0.1) is 23.3 Å². The Bertz CT molecular complexity index is 1650. The first-order chi connectivity index (χ1) is 19.5. The van der Waals surface area contributed by atoms with Crippen LogP contribution in [-0.2, 0) is 0 Å². The van der Waals surface area contributed by atoms with Crippen LogP contribution in [0.25, 0.3) is 46.6 Å². The van der Waals surface area contributed by atoms with Gasteiger partial charge in [-0.2, -0.15) is 10.5 Å². The van der Waals surface area contributed by atoms with Crippen LogP contribution in [0.2, 0.25) is 0 Å². The molecule has 40 heavy (non-hydrogen) atoms. The predicted octanol–water partition coefficient (Wildman–Crippen LogP) is 9.38. The van der Waals surface area contributed by atoms with Crippen LogP contribution in [0.4, 0.5) is 8.78 Å². The molecule has 4 heteroatoms. The average molecular weight is 521 g/mol. The van der Waals surface area contributed by atoms with Crippen molar-refractivity contribution in [3.8, 4) is 34.4 Å². The molecule has 0 saturated heterocycles. The molecular formula is C36H22F2N2. The highest BCUT2D eigenvalue weighted by atomic mass is 19.1. The minimum absolute atomic E-state index is 0.317. The van der Waals surface area contributed by atoms with E-state index in [1.807, 2.05) is 60.7 Å². The lowest BCUT2D eigenvalue weighted by atomic mass is 9.90. The van der Waals surface area contributed by atoms with E-state index in [-0.39, 0.29) is 11.6 Å². The third-order valence-electron chi connectivity index (χ3n) is 6.52. The molecule has 0 saturated carbocycles. The second-order valence-electron chi connectivity index (χ2n) is 9.17. The minimum Gasteiger partial charge on any atom is -0.207 e. The maximum absolute atomic E-state index is 13.8. The molecule has 5 aromatic carbocycles. The van der Waals surface area contributed by atoms with Crippen LogP contribution in [0, 0.1) is 34.3 Å². The van der Waals surface area contributed by atoms with E-state index in [4.69, 9.17) is 10.5 Å². The van der Waals surface area contributed by atoms with Crippen molar-refractivity contribution in [2.75, 3.05) is 0 Å². The van der Waals surface area contributed by atoms with Crippen molar-refractivity contribution in [3.63, 3.8) is 0 Å². The van der Waals surface area contributed by atoms with Crippen molar-refractivity contribution >= 4 is 24.3 Å². The standard InChI is InChI=1S/C36H22F2N2/c37-33-17-13-29(14-18-33)35-22-32(12-10-26-3-7-28(24-40)8-4-26)36(30-15-19-34(38)20-16-30)21-31(35)11-9-25-1-5-27(23-39)6-2-25/h1-22H/b11-9+,12-10?. The molecule has 2 nitrogen and oxygen atoms in total. The first-order valence-electron chi connectivity index (χ1n) is 12.6. The van der Waals surface area contributed by atoms with Gasteiger partial charge in [-0.3, -0.25) is 0 Å². The molecule has 0 aromatic heterocycles. The molecule has 0 atom stereocenters. The summed E-state index contributed by atoms with van der Waals surface area (Å²) in [5.74, 6) is -0.635. The van der Waals surface area contributed by atoms with Crippen molar-refractivity contribution in [3.05, 3.63) is 154 Å². The topological polar surface area (TPSA) is 47.6 Å². The van der Waals surface area contributed by atoms with Gasteiger partial charge in [-0.05, 0) is 105 Å². The van der Waals surface area contributed by atoms with E-state index in [1.54, 1.807) is 48.5 Å². The van der Waals surface area contributed by atoms with Gasteiger partial charge in [0.1, 0.15) is 11.6 Å². The summed E-state index contributed by atoms with van der Waals surface area (Å²) in [4.78, 5) is 0. The van der Waals surface area contributed by atoms with Gasteiger partial charge in [0, 0.05) is 0 Å². The van der Waals surface area contributed by atoms with Gasteiger partial charge >= 0.3 is 0 Å². The van der Waals surface area contributed by atoms with E-state index in [9.17, 15) is 8.78 Å². The fraction of sp³-hybridized carbons (Fsp3) is 0. The van der Waals surface area contributed by atoms with Crippen molar-refractivity contribution in [2.24, 2.45) is 0 Å². The molecule has 0 heterocycles. The van der Waals surface area contributed by atoms with E-state index in [1.165, 1.54) is 24.3 Å². The van der Waals surface area contributed by atoms with Gasteiger partial charge < -0.3 is 0 Å². The van der Waals surface area contributed by atoms with Crippen molar-refractivity contribution in [2.45, 2.75) is 0 Å². The summed E-state index contributed by atoms with van der Waals surface area (Å²) >= 11 is 0. The average Bonchev–Trinajstić information content (AvgIpc) is 3.00. The van der Waals surface area contributed by atoms with Gasteiger partial charge in [-0.15, -0.1) is 0 Å². The van der Waals surface area contributed by atoms with E-state index in [0.29, 0.717) is 11.1 Å². The molecule has 0 aliphatic heterocycles. The van der Waals surface area contributed by atoms with Crippen LogP contribution < -0.4 is 0 Å². The minimum atomic E-state index is -0.317. The Morgan fingerprint density at radius 2 is 0.800 bits per heavy atom. The summed E-state index contributed by atoms with van der Waals surface area (Å²) in [7, 11) is 0. The first-order valence-corrected chi connectivity index (χ1v) is 12.6. The lowest BCUT2D eigenvalue weighted by Crippen LogP contribution is -1.92. The third kappa shape index (κ3) is 6.10. The maximum Gasteiger partial charge on any atom is 0.123 e. The SMILES string of the molecule is N#Cc1ccc(C=Cc2cc(-c3ccc(F)cc3)c(/C=C/c3ccc(C#N)cc3)cc2-c2ccc(F)cc2)cc1. The Labute approximate surface area is 232 Å². The summed E-state index contributed by atoms with van der Waals surface area (Å²) < 4.78 is 27.6. The maximum atomic E-state index is 13.8. The van der Waals surface area contributed by atoms with E-state index in [2.05, 4.69) is 12.1 Å². The fourth-order valence-corrected chi connectivity index (χ4v) is 4.38. The molecule has 0 fully saturated rings. The summed E-state index contributed by atoms with van der Waals surface area (Å²) in [5, 5.41) is 18.2. The molecule has 5 aromatic rings. The molecule has 190 valence electrons. The number of hydrogen-bond donors (Lipinski definition) is 0. The Morgan fingerprint density at radius 1 is 0.450 bits per heavy atom. The molecule has 5 rings (SSSR count). The lowest BCUT2D eigenvalue weighted by Gasteiger charge is -2.14. The van der Waals surface area contributed by atoms with Crippen LogP contribution in [0.5, 0.6) is 0 Å². The Morgan fingerprint density at radius 3 is 1.12 bits per heavy atom. The molecule has 0 bridgehead atoms. The number of nitriles is 2. The number of benzene rings is 5. The highest BCUT2D eigenvalue weighted by Gasteiger charge is 2.12. The van der Waals surface area contributed by atoms with Crippen LogP contribution in [0.3, 0.4) is 0 Å². The molecule has 0 spiro atoms. The van der Waals surface area contributed by atoms with E-state index in [0.717, 1.165) is 44.5 Å². The molecule has 0 aliphatic rings. The normalized spacial score (nSPS) is 11.0. The van der Waals surface area contributed by atoms with Crippen molar-refractivity contribution < 1.29 is 8.78 Å². The predicted molar refractivity (Wildman–Crippen MR) is 157 cm³/mol. The molecular weight excluding hydrogens is 498 g/mol. The molecule has 0 unspecified atom stereocenters. The van der Waals surface area contributed by atoms with Gasteiger partial charge in [0.25, 0.3) is 0 Å². The number of rotatable bonds is 6. The second kappa shape index (κ2) is 11.9. The van der Waals surface area contributed by atoms with E-state index >= 15 is 0 Å². The van der Waals surface area contributed by atoms with Crippen LogP contribution >= 0.6 is 0 Å².